The number of rotatable bonds is 2. The number of nitrogens with one attached hydrogen (secondary N) is 1. The Bertz CT molecular complexity index is 840. The first kappa shape index (κ1) is 14.5. The number of benzene rings is 1. The fourth-order valence-electron chi connectivity index (χ4n) is 3.37. The highest BCUT2D eigenvalue weighted by Gasteiger charge is 2.24. The van der Waals surface area contributed by atoms with Crippen molar-refractivity contribution in [1.82, 2.24) is 20.0 Å². The van der Waals surface area contributed by atoms with Crippen LogP contribution in [-0.4, -0.2) is 40.2 Å². The molecule has 5 heteroatoms. The summed E-state index contributed by atoms with van der Waals surface area (Å²) in [5, 5.41) is 5.44. The van der Waals surface area contributed by atoms with E-state index in [0.717, 1.165) is 42.9 Å². The Morgan fingerprint density at radius 3 is 2.78 bits per heavy atom. The average Bonchev–Trinajstić information content (AvgIpc) is 3.14. The van der Waals surface area contributed by atoms with Crippen molar-refractivity contribution in [2.45, 2.75) is 32.6 Å². The fraction of sp³-hybridized carbons (Fsp3) is 0.444. The molecule has 0 aliphatic carbocycles. The van der Waals surface area contributed by atoms with Gasteiger partial charge in [0.1, 0.15) is 0 Å². The lowest BCUT2D eigenvalue weighted by atomic mass is 9.97. The average molecular weight is 310 g/mol. The maximum absolute atomic E-state index is 5.55. The summed E-state index contributed by atoms with van der Waals surface area (Å²) in [6, 6.07) is 6.30. The summed E-state index contributed by atoms with van der Waals surface area (Å²) < 4.78 is 5.55. The SMILES string of the molecule is Cc1[nH]c2ccc(-c3noc(C4CCN(C)CC4)n3)cc2c1C. The Kier molecular flexibility index (Phi) is 3.45. The zero-order valence-corrected chi connectivity index (χ0v) is 13.9. The molecular weight excluding hydrogens is 288 g/mol. The van der Waals surface area contributed by atoms with Crippen LogP contribution in [-0.2, 0) is 0 Å². The predicted molar refractivity (Wildman–Crippen MR) is 90.5 cm³/mol. The Balaban J connectivity index is 1.65. The van der Waals surface area contributed by atoms with Crippen LogP contribution in [0, 0.1) is 13.8 Å². The molecule has 0 saturated carbocycles. The van der Waals surface area contributed by atoms with Crippen LogP contribution >= 0.6 is 0 Å². The first-order chi connectivity index (χ1) is 11.1. The number of hydrogen-bond acceptors (Lipinski definition) is 4. The minimum atomic E-state index is 0.396. The molecular formula is C18H22N4O. The van der Waals surface area contributed by atoms with Crippen molar-refractivity contribution in [2.75, 3.05) is 20.1 Å². The van der Waals surface area contributed by atoms with Crippen LogP contribution in [0.5, 0.6) is 0 Å². The van der Waals surface area contributed by atoms with Gasteiger partial charge in [0.2, 0.25) is 11.7 Å². The first-order valence-electron chi connectivity index (χ1n) is 8.23. The lowest BCUT2D eigenvalue weighted by Crippen LogP contribution is -2.29. The predicted octanol–water partition coefficient (Wildman–Crippen LogP) is 3.64. The molecule has 0 radical (unpaired) electrons. The molecule has 23 heavy (non-hydrogen) atoms. The largest absolute Gasteiger partial charge is 0.358 e. The van der Waals surface area contributed by atoms with Gasteiger partial charge in [-0.2, -0.15) is 4.98 Å². The van der Waals surface area contributed by atoms with Gasteiger partial charge in [0.05, 0.1) is 0 Å². The maximum atomic E-state index is 5.55. The van der Waals surface area contributed by atoms with E-state index in [2.05, 4.69) is 59.1 Å². The zero-order chi connectivity index (χ0) is 16.0. The second-order valence-corrected chi connectivity index (χ2v) is 6.67. The Morgan fingerprint density at radius 2 is 2.00 bits per heavy atom. The van der Waals surface area contributed by atoms with Gasteiger partial charge in [-0.1, -0.05) is 5.16 Å². The molecule has 1 aromatic carbocycles. The van der Waals surface area contributed by atoms with Crippen LogP contribution in [0.1, 0.15) is 35.9 Å². The molecule has 0 atom stereocenters. The van der Waals surface area contributed by atoms with Gasteiger partial charge in [0.25, 0.3) is 0 Å². The molecule has 0 amide bonds. The molecule has 1 N–H and O–H groups in total. The van der Waals surface area contributed by atoms with Crippen molar-refractivity contribution in [3.63, 3.8) is 0 Å². The quantitative estimate of drug-likeness (QED) is 0.785. The summed E-state index contributed by atoms with van der Waals surface area (Å²) in [6.07, 6.45) is 2.18. The molecule has 0 bridgehead atoms. The van der Waals surface area contributed by atoms with Crippen LogP contribution in [0.3, 0.4) is 0 Å². The van der Waals surface area contributed by atoms with Crippen molar-refractivity contribution in [3.8, 4) is 11.4 Å². The third-order valence-electron chi connectivity index (χ3n) is 5.08. The number of nitrogens with zero attached hydrogens (tertiary/aromatic N) is 3. The van der Waals surface area contributed by atoms with Gasteiger partial charge in [0.15, 0.2) is 0 Å². The molecule has 2 aromatic heterocycles. The Labute approximate surface area is 135 Å². The van der Waals surface area contributed by atoms with E-state index >= 15 is 0 Å². The smallest absolute Gasteiger partial charge is 0.230 e. The normalized spacial score (nSPS) is 17.2. The van der Waals surface area contributed by atoms with Crippen molar-refractivity contribution < 1.29 is 4.52 Å². The van der Waals surface area contributed by atoms with Gasteiger partial charge in [-0.05, 0) is 70.6 Å². The maximum Gasteiger partial charge on any atom is 0.230 e. The number of aromatic nitrogens is 3. The van der Waals surface area contributed by atoms with Gasteiger partial charge < -0.3 is 14.4 Å². The van der Waals surface area contributed by atoms with Crippen LogP contribution < -0.4 is 0 Å². The highest BCUT2D eigenvalue weighted by molar-refractivity contribution is 5.88. The molecule has 1 aliphatic rings. The molecule has 3 aromatic rings. The molecule has 0 spiro atoms. The summed E-state index contributed by atoms with van der Waals surface area (Å²) in [7, 11) is 2.16. The first-order valence-corrected chi connectivity index (χ1v) is 8.23. The van der Waals surface area contributed by atoms with E-state index in [9.17, 15) is 0 Å². The van der Waals surface area contributed by atoms with Crippen molar-refractivity contribution in [1.29, 1.82) is 0 Å². The third-order valence-corrected chi connectivity index (χ3v) is 5.08. The van der Waals surface area contributed by atoms with Crippen LogP contribution in [0.25, 0.3) is 22.3 Å². The highest BCUT2D eigenvalue weighted by atomic mass is 16.5. The molecule has 120 valence electrons. The molecule has 5 nitrogen and oxygen atoms in total. The van der Waals surface area contributed by atoms with Crippen molar-refractivity contribution in [3.05, 3.63) is 35.3 Å². The Hall–Kier alpha value is -2.14. The zero-order valence-electron chi connectivity index (χ0n) is 13.9. The third kappa shape index (κ3) is 2.55. The van der Waals surface area contributed by atoms with Crippen LogP contribution in [0.4, 0.5) is 0 Å². The van der Waals surface area contributed by atoms with Gasteiger partial charge >= 0.3 is 0 Å². The molecule has 0 unspecified atom stereocenters. The van der Waals surface area contributed by atoms with Gasteiger partial charge in [-0.3, -0.25) is 0 Å². The lowest BCUT2D eigenvalue weighted by Gasteiger charge is -2.26. The monoisotopic (exact) mass is 310 g/mol. The number of fused-ring (bicyclic) bond motifs is 1. The number of hydrogen-bond donors (Lipinski definition) is 1. The van der Waals surface area contributed by atoms with Gasteiger partial charge in [0, 0.05) is 28.1 Å². The van der Waals surface area contributed by atoms with Gasteiger partial charge in [-0.25, -0.2) is 0 Å². The van der Waals surface area contributed by atoms with E-state index < -0.39 is 0 Å². The summed E-state index contributed by atoms with van der Waals surface area (Å²) in [6.45, 7) is 6.42. The molecule has 4 rings (SSSR count). The van der Waals surface area contributed by atoms with Crippen molar-refractivity contribution in [2.24, 2.45) is 0 Å². The second-order valence-electron chi connectivity index (χ2n) is 6.67. The summed E-state index contributed by atoms with van der Waals surface area (Å²) in [5.74, 6) is 1.88. The van der Waals surface area contributed by atoms with E-state index in [1.54, 1.807) is 0 Å². The van der Waals surface area contributed by atoms with E-state index in [-0.39, 0.29) is 0 Å². The van der Waals surface area contributed by atoms with Crippen LogP contribution in [0.2, 0.25) is 0 Å². The number of likely N-dealkylation sites (tertiary alicyclic amines) is 1. The summed E-state index contributed by atoms with van der Waals surface area (Å²) >= 11 is 0. The minimum Gasteiger partial charge on any atom is -0.358 e. The number of aryl methyl sites for hydroxylation is 2. The molecule has 3 heterocycles. The summed E-state index contributed by atoms with van der Waals surface area (Å²) in [5.41, 5.74) is 4.66. The number of piperidine rings is 1. The van der Waals surface area contributed by atoms with E-state index in [1.807, 2.05) is 0 Å². The fourth-order valence-corrected chi connectivity index (χ4v) is 3.37. The van der Waals surface area contributed by atoms with E-state index in [0.29, 0.717) is 11.7 Å². The highest BCUT2D eigenvalue weighted by Crippen LogP contribution is 2.30. The lowest BCUT2D eigenvalue weighted by molar-refractivity contribution is 0.227. The number of H-pyrrole nitrogens is 1. The van der Waals surface area contributed by atoms with Crippen molar-refractivity contribution >= 4 is 10.9 Å². The topological polar surface area (TPSA) is 58.0 Å². The standard InChI is InChI=1S/C18H22N4O/c1-11-12(2)19-16-5-4-14(10-15(11)16)17-20-18(23-21-17)13-6-8-22(3)9-7-13/h4-5,10,13,19H,6-9H2,1-3H3. The van der Waals surface area contributed by atoms with E-state index in [1.165, 1.54) is 16.6 Å². The van der Waals surface area contributed by atoms with E-state index in [4.69, 9.17) is 4.52 Å². The minimum absolute atomic E-state index is 0.396. The molecule has 1 fully saturated rings. The number of aromatic amines is 1. The second kappa shape index (κ2) is 5.49. The molecule has 1 saturated heterocycles. The van der Waals surface area contributed by atoms with Crippen LogP contribution in [0.15, 0.2) is 22.7 Å². The Morgan fingerprint density at radius 1 is 1.22 bits per heavy atom. The molecule has 1 aliphatic heterocycles. The van der Waals surface area contributed by atoms with Gasteiger partial charge in [-0.15, -0.1) is 0 Å². The summed E-state index contributed by atoms with van der Waals surface area (Å²) in [4.78, 5) is 10.4.